The van der Waals surface area contributed by atoms with Gasteiger partial charge in [0, 0.05) is 24.2 Å². The Hall–Kier alpha value is 0.620. The lowest BCUT2D eigenvalue weighted by Crippen LogP contribution is -2.18. The summed E-state index contributed by atoms with van der Waals surface area (Å²) in [6.45, 7) is 0. The van der Waals surface area contributed by atoms with Crippen molar-refractivity contribution in [3.63, 3.8) is 0 Å². The van der Waals surface area contributed by atoms with Gasteiger partial charge in [0.2, 0.25) is 0 Å². The third-order valence-electron chi connectivity index (χ3n) is 2.13. The fourth-order valence-electron chi connectivity index (χ4n) is 0.999. The summed E-state index contributed by atoms with van der Waals surface area (Å²) in [4.78, 5) is 0. The molecule has 0 aromatic heterocycles. The molecule has 2 nitrogen and oxygen atoms in total. The van der Waals surface area contributed by atoms with Gasteiger partial charge >= 0.3 is 0 Å². The van der Waals surface area contributed by atoms with Crippen LogP contribution in [0.4, 0.5) is 0 Å². The molecule has 0 aromatic rings. The van der Waals surface area contributed by atoms with Crippen LogP contribution in [0.5, 0.6) is 0 Å². The Labute approximate surface area is 78.1 Å². The van der Waals surface area contributed by atoms with E-state index in [4.69, 9.17) is 0 Å². The molecule has 0 atom stereocenters. The SMILES string of the molecule is CN(SN(S)C1CC1)C1CC1. The highest BCUT2D eigenvalue weighted by Gasteiger charge is 2.32. The molecule has 2 fully saturated rings. The molecule has 0 spiro atoms. The van der Waals surface area contributed by atoms with Gasteiger partial charge < -0.3 is 0 Å². The Bertz CT molecular complexity index is 129. The van der Waals surface area contributed by atoms with Crippen LogP contribution in [0.15, 0.2) is 0 Å². The normalized spacial score (nSPS) is 25.1. The molecule has 2 saturated carbocycles. The van der Waals surface area contributed by atoms with E-state index in [1.54, 1.807) is 12.1 Å². The van der Waals surface area contributed by atoms with Crippen molar-refractivity contribution in [1.82, 2.24) is 8.02 Å². The first-order valence-electron chi connectivity index (χ1n) is 4.16. The highest BCUT2D eigenvalue weighted by atomic mass is 32.2. The standard InChI is InChI=1S/C7H14N2S2/c1-8(6-2-3-6)11-9(10)7-4-5-7/h6-7,10H,2-5H2,1H3. The van der Waals surface area contributed by atoms with Gasteiger partial charge in [0.1, 0.15) is 0 Å². The van der Waals surface area contributed by atoms with Gasteiger partial charge in [-0.1, -0.05) is 12.8 Å². The first kappa shape index (κ1) is 8.23. The molecule has 64 valence electrons. The lowest BCUT2D eigenvalue weighted by atomic mass is 10.7. The minimum absolute atomic E-state index is 0.740. The highest BCUT2D eigenvalue weighted by molar-refractivity contribution is 8.03. The van der Waals surface area contributed by atoms with E-state index in [1.807, 2.05) is 0 Å². The zero-order valence-electron chi connectivity index (χ0n) is 6.73. The molecule has 0 aliphatic heterocycles. The number of hydrogen-bond donors (Lipinski definition) is 1. The third kappa shape index (κ3) is 2.28. The van der Waals surface area contributed by atoms with Crippen molar-refractivity contribution in [2.24, 2.45) is 0 Å². The minimum Gasteiger partial charge on any atom is -0.236 e. The smallest absolute Gasteiger partial charge is 0.0326 e. The second-order valence-corrected chi connectivity index (χ2v) is 5.23. The van der Waals surface area contributed by atoms with Gasteiger partial charge in [0.25, 0.3) is 0 Å². The Morgan fingerprint density at radius 1 is 1.18 bits per heavy atom. The molecular formula is C7H14N2S2. The fraction of sp³-hybridized carbons (Fsp3) is 1.00. The number of hydrogen-bond acceptors (Lipinski definition) is 4. The molecule has 0 amide bonds. The van der Waals surface area contributed by atoms with Crippen molar-refractivity contribution < 1.29 is 0 Å². The Morgan fingerprint density at radius 2 is 1.73 bits per heavy atom. The van der Waals surface area contributed by atoms with Crippen LogP contribution in [-0.4, -0.2) is 27.1 Å². The van der Waals surface area contributed by atoms with Crippen LogP contribution in [0.3, 0.4) is 0 Å². The van der Waals surface area contributed by atoms with E-state index in [2.05, 4.69) is 27.9 Å². The molecule has 0 saturated heterocycles. The van der Waals surface area contributed by atoms with Crippen LogP contribution >= 0.6 is 24.9 Å². The van der Waals surface area contributed by atoms with Crippen LogP contribution in [0, 0.1) is 0 Å². The summed E-state index contributed by atoms with van der Waals surface area (Å²) in [5, 5.41) is 0. The molecule has 4 heteroatoms. The maximum absolute atomic E-state index is 4.40. The van der Waals surface area contributed by atoms with Crippen molar-refractivity contribution >= 4 is 24.9 Å². The summed E-state index contributed by atoms with van der Waals surface area (Å²) in [5.41, 5.74) is 0. The molecule has 0 radical (unpaired) electrons. The molecule has 2 aliphatic carbocycles. The van der Waals surface area contributed by atoms with Crippen LogP contribution in [-0.2, 0) is 0 Å². The second kappa shape index (κ2) is 3.17. The number of nitrogens with zero attached hydrogens (tertiary/aromatic N) is 2. The van der Waals surface area contributed by atoms with Gasteiger partial charge in [-0.25, -0.2) is 4.31 Å². The summed E-state index contributed by atoms with van der Waals surface area (Å²) in [7, 11) is 2.16. The Morgan fingerprint density at radius 3 is 2.18 bits per heavy atom. The Balaban J connectivity index is 1.69. The summed E-state index contributed by atoms with van der Waals surface area (Å²) in [6, 6.07) is 1.57. The lowest BCUT2D eigenvalue weighted by molar-refractivity contribution is 0.535. The second-order valence-electron chi connectivity index (χ2n) is 3.39. The largest absolute Gasteiger partial charge is 0.236 e. The van der Waals surface area contributed by atoms with Gasteiger partial charge in [-0.05, 0) is 32.7 Å². The number of rotatable bonds is 4. The first-order chi connectivity index (χ1) is 5.27. The van der Waals surface area contributed by atoms with Gasteiger partial charge in [-0.15, -0.1) is 0 Å². The van der Waals surface area contributed by atoms with E-state index >= 15 is 0 Å². The van der Waals surface area contributed by atoms with E-state index in [1.165, 1.54) is 25.7 Å². The maximum atomic E-state index is 4.40. The molecule has 2 rings (SSSR count). The highest BCUT2D eigenvalue weighted by Crippen LogP contribution is 2.38. The zero-order valence-corrected chi connectivity index (χ0v) is 8.44. The molecule has 0 N–H and O–H groups in total. The summed E-state index contributed by atoms with van der Waals surface area (Å²) in [5.74, 6) is 0. The van der Waals surface area contributed by atoms with Gasteiger partial charge in [0.15, 0.2) is 0 Å². The van der Waals surface area contributed by atoms with Crippen LogP contribution in [0.1, 0.15) is 25.7 Å². The monoisotopic (exact) mass is 190 g/mol. The topological polar surface area (TPSA) is 6.48 Å². The molecule has 0 aromatic carbocycles. The van der Waals surface area contributed by atoms with Crippen LogP contribution < -0.4 is 0 Å². The fourth-order valence-corrected chi connectivity index (χ4v) is 2.53. The van der Waals surface area contributed by atoms with E-state index in [9.17, 15) is 0 Å². The molecular weight excluding hydrogens is 176 g/mol. The van der Waals surface area contributed by atoms with Crippen molar-refractivity contribution in [2.45, 2.75) is 37.8 Å². The number of thiol groups is 1. The van der Waals surface area contributed by atoms with E-state index in [0.717, 1.165) is 12.1 Å². The third-order valence-corrected chi connectivity index (χ3v) is 3.70. The summed E-state index contributed by atoms with van der Waals surface area (Å²) in [6.07, 6.45) is 5.40. The zero-order chi connectivity index (χ0) is 7.84. The van der Waals surface area contributed by atoms with Crippen molar-refractivity contribution in [3.8, 4) is 0 Å². The van der Waals surface area contributed by atoms with E-state index < -0.39 is 0 Å². The quantitative estimate of drug-likeness (QED) is 0.535. The molecule has 0 bridgehead atoms. The van der Waals surface area contributed by atoms with E-state index in [0.29, 0.717) is 0 Å². The first-order valence-corrected chi connectivity index (χ1v) is 5.29. The predicted octanol–water partition coefficient (Wildman–Crippen LogP) is 1.95. The lowest BCUT2D eigenvalue weighted by Gasteiger charge is -2.20. The Kier molecular flexibility index (Phi) is 2.37. The summed E-state index contributed by atoms with van der Waals surface area (Å²) < 4.78 is 4.42. The van der Waals surface area contributed by atoms with Crippen molar-refractivity contribution in [1.29, 1.82) is 0 Å². The molecule has 0 heterocycles. The van der Waals surface area contributed by atoms with Gasteiger partial charge in [0.05, 0.1) is 0 Å². The van der Waals surface area contributed by atoms with Gasteiger partial charge in [-0.3, -0.25) is 0 Å². The molecule has 0 unspecified atom stereocenters. The van der Waals surface area contributed by atoms with Crippen molar-refractivity contribution in [2.75, 3.05) is 7.05 Å². The summed E-state index contributed by atoms with van der Waals surface area (Å²) >= 11 is 6.18. The minimum atomic E-state index is 0.740. The van der Waals surface area contributed by atoms with Gasteiger partial charge in [-0.2, -0.15) is 3.71 Å². The van der Waals surface area contributed by atoms with Crippen LogP contribution in [0.25, 0.3) is 0 Å². The molecule has 2 aliphatic rings. The average Bonchev–Trinajstić information content (AvgIpc) is 2.84. The van der Waals surface area contributed by atoms with E-state index in [-0.39, 0.29) is 0 Å². The average molecular weight is 190 g/mol. The van der Waals surface area contributed by atoms with Crippen LogP contribution in [0.2, 0.25) is 0 Å². The predicted molar refractivity (Wildman–Crippen MR) is 52.2 cm³/mol. The molecule has 11 heavy (non-hydrogen) atoms. The van der Waals surface area contributed by atoms with Crippen molar-refractivity contribution in [3.05, 3.63) is 0 Å². The maximum Gasteiger partial charge on any atom is 0.0326 e.